The molecule has 2 aliphatic carbocycles. The summed E-state index contributed by atoms with van der Waals surface area (Å²) >= 11 is 0. The predicted octanol–water partition coefficient (Wildman–Crippen LogP) is 4.49. The van der Waals surface area contributed by atoms with Crippen LogP contribution in [0.25, 0.3) is 11.4 Å². The molecule has 0 amide bonds. The highest BCUT2D eigenvalue weighted by Crippen LogP contribution is 2.64. The van der Waals surface area contributed by atoms with Crippen molar-refractivity contribution in [1.29, 1.82) is 0 Å². The van der Waals surface area contributed by atoms with Crippen molar-refractivity contribution in [3.8, 4) is 11.4 Å². The Hall–Kier alpha value is -1.74. The van der Waals surface area contributed by atoms with Gasteiger partial charge in [-0.15, -0.1) is 0 Å². The van der Waals surface area contributed by atoms with E-state index in [4.69, 9.17) is 0 Å². The number of likely N-dealkylation sites (tertiary alicyclic amines) is 1. The normalized spacial score (nSPS) is 35.9. The lowest BCUT2D eigenvalue weighted by molar-refractivity contribution is -0.137. The van der Waals surface area contributed by atoms with Crippen LogP contribution in [0.1, 0.15) is 56.3 Å². The number of rotatable bonds is 4. The lowest BCUT2D eigenvalue weighted by atomic mass is 9.91. The zero-order valence-corrected chi connectivity index (χ0v) is 19.7. The molecule has 1 spiro atoms. The topological polar surface area (TPSA) is 51.0 Å². The van der Waals surface area contributed by atoms with Crippen molar-refractivity contribution in [2.24, 2.45) is 17.3 Å². The lowest BCUT2D eigenvalue weighted by Crippen LogP contribution is -2.47. The SMILES string of the molecule is CC(C)n1nc(-c2cc(C(F)(F)F)ccn2)cc1C1C2CC(N3CCC4(C3)CS(=O)C4)CC21. The Balaban J connectivity index is 1.18. The van der Waals surface area contributed by atoms with Crippen LogP contribution in [0.3, 0.4) is 0 Å². The van der Waals surface area contributed by atoms with Crippen molar-refractivity contribution < 1.29 is 17.4 Å². The van der Waals surface area contributed by atoms with E-state index in [0.29, 0.717) is 34.9 Å². The van der Waals surface area contributed by atoms with Crippen molar-refractivity contribution in [1.82, 2.24) is 19.7 Å². The number of halogens is 3. The van der Waals surface area contributed by atoms with E-state index in [1.807, 2.05) is 10.7 Å². The average molecular weight is 479 g/mol. The number of pyridine rings is 1. The molecule has 4 fully saturated rings. The first-order chi connectivity index (χ1) is 15.6. The van der Waals surface area contributed by atoms with Gasteiger partial charge in [-0.3, -0.25) is 18.8 Å². The van der Waals surface area contributed by atoms with E-state index >= 15 is 0 Å². The van der Waals surface area contributed by atoms with Crippen LogP contribution in [0.2, 0.25) is 0 Å². The summed E-state index contributed by atoms with van der Waals surface area (Å²) in [4.78, 5) is 6.82. The van der Waals surface area contributed by atoms with Crippen LogP contribution in [0, 0.1) is 17.3 Å². The Morgan fingerprint density at radius 2 is 1.88 bits per heavy atom. The summed E-state index contributed by atoms with van der Waals surface area (Å²) < 4.78 is 53.1. The molecule has 4 heterocycles. The summed E-state index contributed by atoms with van der Waals surface area (Å²) in [6, 6.07) is 4.81. The van der Waals surface area contributed by atoms with E-state index in [0.717, 1.165) is 42.4 Å². The molecule has 0 radical (unpaired) electrons. The largest absolute Gasteiger partial charge is 0.416 e. The Morgan fingerprint density at radius 3 is 2.52 bits per heavy atom. The third-order valence-corrected chi connectivity index (χ3v) is 10.2. The first-order valence-corrected chi connectivity index (χ1v) is 13.3. The van der Waals surface area contributed by atoms with Gasteiger partial charge in [-0.05, 0) is 69.7 Å². The molecule has 178 valence electrons. The van der Waals surface area contributed by atoms with Gasteiger partial charge in [0, 0.05) is 64.2 Å². The molecule has 2 aliphatic heterocycles. The molecule has 6 rings (SSSR count). The fraction of sp³-hybridized carbons (Fsp3) is 0.667. The van der Waals surface area contributed by atoms with Gasteiger partial charge in [0.15, 0.2) is 0 Å². The van der Waals surface area contributed by atoms with E-state index in [1.165, 1.54) is 25.5 Å². The van der Waals surface area contributed by atoms with Crippen LogP contribution in [0.15, 0.2) is 24.4 Å². The minimum absolute atomic E-state index is 0.134. The quantitative estimate of drug-likeness (QED) is 0.650. The summed E-state index contributed by atoms with van der Waals surface area (Å²) in [5, 5.41) is 4.68. The van der Waals surface area contributed by atoms with Gasteiger partial charge in [0.1, 0.15) is 5.69 Å². The minimum atomic E-state index is -4.40. The summed E-state index contributed by atoms with van der Waals surface area (Å²) in [7, 11) is -0.598. The van der Waals surface area contributed by atoms with Crippen LogP contribution in [-0.2, 0) is 17.0 Å². The fourth-order valence-electron chi connectivity index (χ4n) is 6.65. The van der Waals surface area contributed by atoms with Crippen molar-refractivity contribution in [2.75, 3.05) is 24.6 Å². The van der Waals surface area contributed by atoms with Gasteiger partial charge in [0.05, 0.1) is 11.3 Å². The van der Waals surface area contributed by atoms with Crippen LogP contribution in [0.5, 0.6) is 0 Å². The molecule has 9 heteroatoms. The standard InChI is InChI=1S/C24H29F3N4OS/c1-14(2)31-21(10-20(29-31)19-7-15(3-5-28-19)24(25,26)27)22-17-8-16(9-18(17)22)30-6-4-23(11-30)12-33(32)13-23/h3,5,7,10,14,16-18,22H,4,6,8-9,11-13H2,1-2H3. The van der Waals surface area contributed by atoms with E-state index < -0.39 is 22.5 Å². The fourth-order valence-corrected chi connectivity index (χ4v) is 8.40. The van der Waals surface area contributed by atoms with Crippen molar-refractivity contribution >= 4 is 10.8 Å². The predicted molar refractivity (Wildman–Crippen MR) is 120 cm³/mol. The smallest absolute Gasteiger partial charge is 0.300 e. The van der Waals surface area contributed by atoms with Crippen LogP contribution < -0.4 is 0 Å². The highest BCUT2D eigenvalue weighted by atomic mass is 32.2. The van der Waals surface area contributed by atoms with Crippen LogP contribution in [-0.4, -0.2) is 54.5 Å². The molecule has 2 aromatic rings. The summed E-state index contributed by atoms with van der Waals surface area (Å²) in [5.74, 6) is 3.44. The van der Waals surface area contributed by atoms with E-state index in [1.54, 1.807) is 0 Å². The number of hydrogen-bond donors (Lipinski definition) is 0. The number of hydrogen-bond acceptors (Lipinski definition) is 4. The van der Waals surface area contributed by atoms with Crippen molar-refractivity contribution in [3.05, 3.63) is 35.7 Å². The number of fused-ring (bicyclic) bond motifs is 1. The molecule has 4 aliphatic rings. The third-order valence-electron chi connectivity index (χ3n) is 8.28. The van der Waals surface area contributed by atoms with Crippen LogP contribution in [0.4, 0.5) is 13.2 Å². The van der Waals surface area contributed by atoms with Crippen LogP contribution >= 0.6 is 0 Å². The maximum absolute atomic E-state index is 13.2. The highest BCUT2D eigenvalue weighted by Gasteiger charge is 2.60. The Bertz CT molecular complexity index is 1090. The van der Waals surface area contributed by atoms with Gasteiger partial charge < -0.3 is 0 Å². The lowest BCUT2D eigenvalue weighted by Gasteiger charge is -2.38. The van der Waals surface area contributed by atoms with Gasteiger partial charge in [-0.1, -0.05) is 0 Å². The van der Waals surface area contributed by atoms with Gasteiger partial charge >= 0.3 is 6.18 Å². The van der Waals surface area contributed by atoms with Gasteiger partial charge in [0.25, 0.3) is 0 Å². The van der Waals surface area contributed by atoms with Gasteiger partial charge in [-0.25, -0.2) is 0 Å². The molecule has 2 saturated carbocycles. The maximum atomic E-state index is 13.2. The highest BCUT2D eigenvalue weighted by molar-refractivity contribution is 7.86. The third kappa shape index (κ3) is 3.66. The zero-order chi connectivity index (χ0) is 23.1. The molecule has 33 heavy (non-hydrogen) atoms. The number of nitrogens with zero attached hydrogens (tertiary/aromatic N) is 4. The Kier molecular flexibility index (Phi) is 4.87. The Labute approximate surface area is 194 Å². The summed E-state index contributed by atoms with van der Waals surface area (Å²) in [5.41, 5.74) is 1.55. The van der Waals surface area contributed by atoms with Gasteiger partial charge in [0.2, 0.25) is 0 Å². The first kappa shape index (κ1) is 21.8. The number of alkyl halides is 3. The number of aromatic nitrogens is 3. The van der Waals surface area contributed by atoms with Crippen molar-refractivity contribution in [2.45, 2.75) is 57.3 Å². The Morgan fingerprint density at radius 1 is 1.15 bits per heavy atom. The molecule has 5 nitrogen and oxygen atoms in total. The monoisotopic (exact) mass is 478 g/mol. The van der Waals surface area contributed by atoms with E-state index in [9.17, 15) is 17.4 Å². The van der Waals surface area contributed by atoms with E-state index in [-0.39, 0.29) is 11.7 Å². The molecular weight excluding hydrogens is 449 g/mol. The molecule has 2 saturated heterocycles. The average Bonchev–Trinajstić information content (AvgIpc) is 3.20. The zero-order valence-electron chi connectivity index (χ0n) is 18.9. The minimum Gasteiger partial charge on any atom is -0.300 e. The summed E-state index contributed by atoms with van der Waals surface area (Å²) in [6.45, 7) is 6.35. The second-order valence-corrected chi connectivity index (χ2v) is 12.3. The molecule has 2 atom stereocenters. The molecule has 0 aromatic carbocycles. The second kappa shape index (κ2) is 7.38. The van der Waals surface area contributed by atoms with E-state index in [2.05, 4.69) is 28.8 Å². The second-order valence-electron chi connectivity index (χ2n) is 10.8. The molecule has 2 aromatic heterocycles. The molecular formula is C24H29F3N4OS. The molecule has 2 unspecified atom stereocenters. The maximum Gasteiger partial charge on any atom is 0.416 e. The molecule has 0 bridgehead atoms. The first-order valence-electron chi connectivity index (χ1n) is 11.9. The van der Waals surface area contributed by atoms with Gasteiger partial charge in [-0.2, -0.15) is 18.3 Å². The molecule has 0 N–H and O–H groups in total. The van der Waals surface area contributed by atoms with Crippen molar-refractivity contribution in [3.63, 3.8) is 0 Å². The summed E-state index contributed by atoms with van der Waals surface area (Å²) in [6.07, 6.45) is 0.348.